The fourth-order valence-electron chi connectivity index (χ4n) is 2.52. The average molecular weight is 291 g/mol. The summed E-state index contributed by atoms with van der Waals surface area (Å²) in [5, 5.41) is 2.80. The van der Waals surface area contributed by atoms with Gasteiger partial charge in [-0.1, -0.05) is 39.8 Å². The van der Waals surface area contributed by atoms with E-state index in [0.717, 1.165) is 6.42 Å². The number of amides is 1. The molecule has 1 N–H and O–H groups in total. The van der Waals surface area contributed by atoms with Crippen LogP contribution in [0, 0.1) is 11.3 Å². The molecule has 0 spiro atoms. The van der Waals surface area contributed by atoms with Crippen LogP contribution < -0.4 is 5.32 Å². The summed E-state index contributed by atoms with van der Waals surface area (Å²) in [5.74, 6) is -0.243. The van der Waals surface area contributed by atoms with Crippen molar-refractivity contribution < 1.29 is 14.3 Å². The topological polar surface area (TPSA) is 55.4 Å². The number of methoxy groups -OCH3 is 1. The summed E-state index contributed by atoms with van der Waals surface area (Å²) in [6.07, 6.45) is 1.41. The minimum atomic E-state index is -0.450. The molecule has 0 aromatic heterocycles. The third kappa shape index (κ3) is 5.98. The van der Waals surface area contributed by atoms with Crippen molar-refractivity contribution in [2.24, 2.45) is 11.3 Å². The predicted octanol–water partition coefficient (Wildman–Crippen LogP) is 3.87. The number of anilines is 1. The standard InChI is InChI=1S/C17H25NO3/c1-12(11-17(2,3)4)10-15(19)18-14-9-7-6-8-13(14)16(20)21-5/h6-9,12H,10-11H2,1-5H3,(H,18,19). The summed E-state index contributed by atoms with van der Waals surface area (Å²) in [4.78, 5) is 23.8. The molecule has 0 aliphatic carbocycles. The van der Waals surface area contributed by atoms with Gasteiger partial charge in [-0.15, -0.1) is 0 Å². The molecule has 0 aliphatic rings. The van der Waals surface area contributed by atoms with Gasteiger partial charge in [0.25, 0.3) is 0 Å². The zero-order valence-corrected chi connectivity index (χ0v) is 13.5. The summed E-state index contributed by atoms with van der Waals surface area (Å²) in [6, 6.07) is 6.86. The van der Waals surface area contributed by atoms with Crippen LogP contribution in [0.5, 0.6) is 0 Å². The quantitative estimate of drug-likeness (QED) is 0.838. The lowest BCUT2D eigenvalue weighted by molar-refractivity contribution is -0.117. The molecule has 0 saturated carbocycles. The molecule has 4 nitrogen and oxygen atoms in total. The molecule has 0 radical (unpaired) electrons. The Hall–Kier alpha value is -1.84. The van der Waals surface area contributed by atoms with Crippen LogP contribution in [0.4, 0.5) is 5.69 Å². The van der Waals surface area contributed by atoms with E-state index in [2.05, 4.69) is 33.0 Å². The van der Waals surface area contributed by atoms with E-state index in [9.17, 15) is 9.59 Å². The molecule has 4 heteroatoms. The van der Waals surface area contributed by atoms with Crippen molar-refractivity contribution in [1.82, 2.24) is 0 Å². The minimum absolute atomic E-state index is 0.0805. The molecule has 1 rings (SSSR count). The highest BCUT2D eigenvalue weighted by Crippen LogP contribution is 2.26. The average Bonchev–Trinajstić information content (AvgIpc) is 2.35. The van der Waals surface area contributed by atoms with Crippen LogP contribution in [0.25, 0.3) is 0 Å². The summed E-state index contributed by atoms with van der Waals surface area (Å²) < 4.78 is 4.72. The number of nitrogens with one attached hydrogen (secondary N) is 1. The molecule has 21 heavy (non-hydrogen) atoms. The molecular weight excluding hydrogens is 266 g/mol. The molecule has 1 aromatic rings. The number of para-hydroxylation sites is 1. The third-order valence-electron chi connectivity index (χ3n) is 3.10. The Labute approximate surface area is 126 Å². The van der Waals surface area contributed by atoms with Crippen LogP contribution in [0.3, 0.4) is 0 Å². The first-order valence-electron chi connectivity index (χ1n) is 7.20. The molecule has 0 fully saturated rings. The zero-order chi connectivity index (χ0) is 16.0. The number of benzene rings is 1. The number of rotatable bonds is 5. The lowest BCUT2D eigenvalue weighted by Crippen LogP contribution is -2.20. The van der Waals surface area contributed by atoms with Crippen LogP contribution in [0.1, 0.15) is 50.9 Å². The molecule has 1 aromatic carbocycles. The normalized spacial score (nSPS) is 12.6. The van der Waals surface area contributed by atoms with Gasteiger partial charge < -0.3 is 10.1 Å². The first kappa shape index (κ1) is 17.2. The van der Waals surface area contributed by atoms with E-state index in [1.54, 1.807) is 24.3 Å². The van der Waals surface area contributed by atoms with E-state index in [1.165, 1.54) is 7.11 Å². The first-order valence-corrected chi connectivity index (χ1v) is 7.20. The van der Waals surface area contributed by atoms with Crippen molar-refractivity contribution in [3.8, 4) is 0 Å². The van der Waals surface area contributed by atoms with E-state index in [1.807, 2.05) is 0 Å². The van der Waals surface area contributed by atoms with E-state index in [0.29, 0.717) is 17.7 Å². The number of hydrogen-bond acceptors (Lipinski definition) is 3. The van der Waals surface area contributed by atoms with Crippen LogP contribution in [0.15, 0.2) is 24.3 Å². The summed E-state index contributed by atoms with van der Waals surface area (Å²) in [7, 11) is 1.33. The Morgan fingerprint density at radius 2 is 1.86 bits per heavy atom. The maximum atomic E-state index is 12.1. The van der Waals surface area contributed by atoms with Crippen molar-refractivity contribution in [2.75, 3.05) is 12.4 Å². The second-order valence-corrected chi connectivity index (χ2v) is 6.66. The fraction of sp³-hybridized carbons (Fsp3) is 0.529. The van der Waals surface area contributed by atoms with E-state index >= 15 is 0 Å². The van der Waals surface area contributed by atoms with Crippen LogP contribution in [-0.4, -0.2) is 19.0 Å². The van der Waals surface area contributed by atoms with E-state index in [-0.39, 0.29) is 17.2 Å². The molecule has 1 amide bonds. The lowest BCUT2D eigenvalue weighted by Gasteiger charge is -2.22. The van der Waals surface area contributed by atoms with Gasteiger partial charge in [-0.25, -0.2) is 4.79 Å². The smallest absolute Gasteiger partial charge is 0.339 e. The van der Waals surface area contributed by atoms with Crippen molar-refractivity contribution in [3.63, 3.8) is 0 Å². The van der Waals surface area contributed by atoms with Crippen LogP contribution >= 0.6 is 0 Å². The zero-order valence-electron chi connectivity index (χ0n) is 13.5. The van der Waals surface area contributed by atoms with Gasteiger partial charge in [-0.05, 0) is 29.9 Å². The van der Waals surface area contributed by atoms with Crippen LogP contribution in [-0.2, 0) is 9.53 Å². The van der Waals surface area contributed by atoms with Gasteiger partial charge >= 0.3 is 5.97 Å². The van der Waals surface area contributed by atoms with Crippen molar-refractivity contribution in [1.29, 1.82) is 0 Å². The molecule has 0 bridgehead atoms. The second-order valence-electron chi connectivity index (χ2n) is 6.66. The van der Waals surface area contributed by atoms with Gasteiger partial charge in [-0.3, -0.25) is 4.79 Å². The molecule has 0 heterocycles. The number of hydrogen-bond donors (Lipinski definition) is 1. The first-order chi connectivity index (χ1) is 9.73. The second kappa shape index (κ2) is 7.25. The van der Waals surface area contributed by atoms with Gasteiger partial charge in [0.05, 0.1) is 18.4 Å². The highest BCUT2D eigenvalue weighted by Gasteiger charge is 2.19. The van der Waals surface area contributed by atoms with Crippen molar-refractivity contribution in [3.05, 3.63) is 29.8 Å². The number of ether oxygens (including phenoxy) is 1. The van der Waals surface area contributed by atoms with Crippen molar-refractivity contribution in [2.45, 2.75) is 40.5 Å². The van der Waals surface area contributed by atoms with Gasteiger partial charge in [0.1, 0.15) is 0 Å². The molecule has 1 atom stereocenters. The molecule has 0 saturated heterocycles. The summed E-state index contributed by atoms with van der Waals surface area (Å²) in [6.45, 7) is 8.55. The van der Waals surface area contributed by atoms with Gasteiger partial charge in [0.2, 0.25) is 5.91 Å². The molecule has 1 unspecified atom stereocenters. The number of carbonyl (C=O) groups excluding carboxylic acids is 2. The monoisotopic (exact) mass is 291 g/mol. The fourth-order valence-corrected chi connectivity index (χ4v) is 2.52. The molecular formula is C17H25NO3. The lowest BCUT2D eigenvalue weighted by atomic mass is 9.84. The Morgan fingerprint density at radius 3 is 2.43 bits per heavy atom. The van der Waals surface area contributed by atoms with Gasteiger partial charge in [0.15, 0.2) is 0 Å². The maximum absolute atomic E-state index is 12.1. The number of esters is 1. The third-order valence-corrected chi connectivity index (χ3v) is 3.10. The van der Waals surface area contributed by atoms with E-state index in [4.69, 9.17) is 4.74 Å². The Morgan fingerprint density at radius 1 is 1.24 bits per heavy atom. The van der Waals surface area contributed by atoms with Gasteiger partial charge in [0, 0.05) is 6.42 Å². The highest BCUT2D eigenvalue weighted by molar-refractivity contribution is 6.01. The maximum Gasteiger partial charge on any atom is 0.339 e. The Balaban J connectivity index is 2.69. The SMILES string of the molecule is COC(=O)c1ccccc1NC(=O)CC(C)CC(C)(C)C. The van der Waals surface area contributed by atoms with Crippen molar-refractivity contribution >= 4 is 17.6 Å². The summed E-state index contributed by atoms with van der Waals surface area (Å²) >= 11 is 0. The number of carbonyl (C=O) groups is 2. The largest absolute Gasteiger partial charge is 0.465 e. The van der Waals surface area contributed by atoms with Crippen LogP contribution in [0.2, 0.25) is 0 Å². The Kier molecular flexibility index (Phi) is 5.94. The van der Waals surface area contributed by atoms with Gasteiger partial charge in [-0.2, -0.15) is 0 Å². The van der Waals surface area contributed by atoms with E-state index < -0.39 is 5.97 Å². The summed E-state index contributed by atoms with van der Waals surface area (Å²) in [5.41, 5.74) is 1.07. The minimum Gasteiger partial charge on any atom is -0.465 e. The molecule has 0 aliphatic heterocycles. The Bertz CT molecular complexity index is 503. The highest BCUT2D eigenvalue weighted by atomic mass is 16.5. The predicted molar refractivity (Wildman–Crippen MR) is 84.3 cm³/mol. The molecule has 116 valence electrons.